The molecule has 0 unspecified atom stereocenters. The fraction of sp³-hybridized carbons (Fsp3) is 0.265. The van der Waals surface area contributed by atoms with E-state index in [2.05, 4.69) is 82.8 Å². The molecular formula is C34H35N3O3. The first-order valence-corrected chi connectivity index (χ1v) is 13.7. The zero-order chi connectivity index (χ0) is 28.2. The number of ketones is 1. The Morgan fingerprint density at radius 1 is 0.850 bits per heavy atom. The van der Waals surface area contributed by atoms with Gasteiger partial charge in [-0.2, -0.15) is 5.10 Å². The first kappa shape index (κ1) is 27.3. The van der Waals surface area contributed by atoms with E-state index < -0.39 is 11.1 Å². The van der Waals surface area contributed by atoms with Crippen molar-refractivity contribution >= 4 is 17.8 Å². The lowest BCUT2D eigenvalue weighted by atomic mass is 9.74. The van der Waals surface area contributed by atoms with Gasteiger partial charge in [-0.1, -0.05) is 91.0 Å². The molecule has 0 saturated carbocycles. The highest BCUT2D eigenvalue weighted by Crippen LogP contribution is 2.44. The largest absolute Gasteiger partial charge is 0.459 e. The average molecular weight is 534 g/mol. The number of carbonyl (C=O) groups is 2. The van der Waals surface area contributed by atoms with Gasteiger partial charge in [0.05, 0.1) is 11.2 Å². The summed E-state index contributed by atoms with van der Waals surface area (Å²) in [6.45, 7) is 6.60. The SMILES string of the molecule is CC(C)(C)OC(=O)Cn1ccc(/C=C2/CN(C(c3ccccc3)(c3ccccc3)c3ccccc3)CCC2=O)n1. The number of hydrogen-bond donors (Lipinski definition) is 0. The van der Waals surface area contributed by atoms with Crippen molar-refractivity contribution in [1.29, 1.82) is 0 Å². The van der Waals surface area contributed by atoms with E-state index >= 15 is 0 Å². The van der Waals surface area contributed by atoms with E-state index in [1.165, 1.54) is 0 Å². The zero-order valence-electron chi connectivity index (χ0n) is 23.3. The predicted molar refractivity (Wildman–Crippen MR) is 156 cm³/mol. The molecule has 0 atom stereocenters. The van der Waals surface area contributed by atoms with Crippen LogP contribution in [0.25, 0.3) is 6.08 Å². The van der Waals surface area contributed by atoms with Gasteiger partial charge in [-0.25, -0.2) is 0 Å². The maximum absolute atomic E-state index is 13.2. The molecule has 0 radical (unpaired) electrons. The highest BCUT2D eigenvalue weighted by Gasteiger charge is 2.44. The number of carbonyl (C=O) groups excluding carboxylic acids is 2. The van der Waals surface area contributed by atoms with E-state index in [0.717, 1.165) is 16.7 Å². The Hall–Kier alpha value is -4.29. The van der Waals surface area contributed by atoms with Crippen molar-refractivity contribution in [2.45, 2.75) is 44.9 Å². The van der Waals surface area contributed by atoms with Crippen molar-refractivity contribution in [2.24, 2.45) is 0 Å². The Morgan fingerprint density at radius 3 is 1.88 bits per heavy atom. The predicted octanol–water partition coefficient (Wildman–Crippen LogP) is 5.88. The van der Waals surface area contributed by atoms with Crippen molar-refractivity contribution in [3.05, 3.63) is 131 Å². The standard InChI is InChI=1S/C34H35N3O3/c1-33(2,3)40-32(39)25-37-22-19-30(35-37)23-26-24-36(21-20-31(26)38)34(27-13-7-4-8-14-27,28-15-9-5-10-16-28)29-17-11-6-12-18-29/h4-19,22-23H,20-21,24-25H2,1-3H3/b26-23-. The second kappa shape index (κ2) is 11.4. The van der Waals surface area contributed by atoms with Crippen molar-refractivity contribution < 1.29 is 14.3 Å². The summed E-state index contributed by atoms with van der Waals surface area (Å²) in [5.74, 6) is -0.242. The lowest BCUT2D eigenvalue weighted by Gasteiger charge is -2.47. The molecule has 1 saturated heterocycles. The molecule has 1 aliphatic heterocycles. The minimum Gasteiger partial charge on any atom is -0.459 e. The molecule has 1 fully saturated rings. The number of benzene rings is 3. The number of esters is 1. The molecule has 0 bridgehead atoms. The Morgan fingerprint density at radius 2 is 1.38 bits per heavy atom. The molecule has 4 aromatic rings. The van der Waals surface area contributed by atoms with E-state index in [4.69, 9.17) is 4.74 Å². The molecule has 0 aliphatic carbocycles. The Bertz CT molecular complexity index is 1390. The molecule has 6 nitrogen and oxygen atoms in total. The third kappa shape index (κ3) is 5.82. The zero-order valence-corrected chi connectivity index (χ0v) is 23.3. The normalized spacial score (nSPS) is 15.8. The molecule has 40 heavy (non-hydrogen) atoms. The van der Waals surface area contributed by atoms with Crippen LogP contribution in [0.2, 0.25) is 0 Å². The van der Waals surface area contributed by atoms with E-state index in [1.807, 2.05) is 51.1 Å². The maximum Gasteiger partial charge on any atom is 0.328 e. The molecule has 6 heteroatoms. The van der Waals surface area contributed by atoms with Gasteiger partial charge in [0, 0.05) is 31.3 Å². The van der Waals surface area contributed by atoms with Crippen LogP contribution in [0.5, 0.6) is 0 Å². The van der Waals surface area contributed by atoms with Crippen LogP contribution < -0.4 is 0 Å². The summed E-state index contributed by atoms with van der Waals surface area (Å²) in [6, 6.07) is 33.3. The fourth-order valence-corrected chi connectivity index (χ4v) is 5.50. The van der Waals surface area contributed by atoms with Gasteiger partial charge in [0.2, 0.25) is 0 Å². The van der Waals surface area contributed by atoms with Gasteiger partial charge in [-0.3, -0.25) is 19.2 Å². The molecule has 1 aromatic heterocycles. The number of piperidine rings is 1. The average Bonchev–Trinajstić information content (AvgIpc) is 3.38. The van der Waals surface area contributed by atoms with Crippen LogP contribution in [0, 0.1) is 0 Å². The number of nitrogens with zero attached hydrogens (tertiary/aromatic N) is 3. The summed E-state index contributed by atoms with van der Waals surface area (Å²) < 4.78 is 6.97. The van der Waals surface area contributed by atoms with Crippen molar-refractivity contribution in [2.75, 3.05) is 13.1 Å². The van der Waals surface area contributed by atoms with Gasteiger partial charge in [-0.05, 0) is 49.6 Å². The number of Topliss-reactive ketones (excluding diaryl/α,β-unsaturated/α-hetero) is 1. The third-order valence-electron chi connectivity index (χ3n) is 7.07. The summed E-state index contributed by atoms with van der Waals surface area (Å²) in [4.78, 5) is 27.9. The van der Waals surface area contributed by atoms with Crippen LogP contribution >= 0.6 is 0 Å². The number of rotatable bonds is 7. The number of aromatic nitrogens is 2. The lowest BCUT2D eigenvalue weighted by Crippen LogP contribution is -2.52. The molecule has 1 aliphatic rings. The topological polar surface area (TPSA) is 64.4 Å². The second-order valence-electron chi connectivity index (χ2n) is 11.1. The number of hydrogen-bond acceptors (Lipinski definition) is 5. The third-order valence-corrected chi connectivity index (χ3v) is 7.07. The Kier molecular flexibility index (Phi) is 7.81. The van der Waals surface area contributed by atoms with E-state index in [-0.39, 0.29) is 18.3 Å². The summed E-state index contributed by atoms with van der Waals surface area (Å²) >= 11 is 0. The van der Waals surface area contributed by atoms with E-state index in [0.29, 0.717) is 30.8 Å². The van der Waals surface area contributed by atoms with Gasteiger partial charge >= 0.3 is 5.97 Å². The smallest absolute Gasteiger partial charge is 0.328 e. The number of likely N-dealkylation sites (tertiary alicyclic amines) is 1. The molecule has 204 valence electrons. The first-order chi connectivity index (χ1) is 19.3. The maximum atomic E-state index is 13.2. The molecule has 2 heterocycles. The van der Waals surface area contributed by atoms with Crippen LogP contribution in [0.15, 0.2) is 109 Å². The van der Waals surface area contributed by atoms with Gasteiger partial charge < -0.3 is 4.74 Å². The quantitative estimate of drug-likeness (QED) is 0.169. The van der Waals surface area contributed by atoms with Gasteiger partial charge in [0.15, 0.2) is 5.78 Å². The van der Waals surface area contributed by atoms with Crippen LogP contribution in [0.3, 0.4) is 0 Å². The molecule has 5 rings (SSSR count). The Labute approximate surface area is 235 Å². The van der Waals surface area contributed by atoms with E-state index in [9.17, 15) is 9.59 Å². The van der Waals surface area contributed by atoms with Crippen LogP contribution in [0.1, 0.15) is 49.6 Å². The summed E-state index contributed by atoms with van der Waals surface area (Å²) in [5.41, 5.74) is 3.60. The van der Waals surface area contributed by atoms with Crippen molar-refractivity contribution in [3.63, 3.8) is 0 Å². The molecule has 0 spiro atoms. The van der Waals surface area contributed by atoms with Gasteiger partial charge in [0.1, 0.15) is 12.1 Å². The second-order valence-corrected chi connectivity index (χ2v) is 11.1. The fourth-order valence-electron chi connectivity index (χ4n) is 5.50. The summed E-state index contributed by atoms with van der Waals surface area (Å²) in [5, 5.41) is 4.54. The van der Waals surface area contributed by atoms with Crippen LogP contribution in [0.4, 0.5) is 0 Å². The lowest BCUT2D eigenvalue weighted by molar-refractivity contribution is -0.155. The monoisotopic (exact) mass is 533 g/mol. The highest BCUT2D eigenvalue weighted by atomic mass is 16.6. The number of ether oxygens (including phenoxy) is 1. The van der Waals surface area contributed by atoms with Crippen LogP contribution in [-0.4, -0.2) is 45.1 Å². The minimum absolute atomic E-state index is 0.0135. The molecular weight excluding hydrogens is 498 g/mol. The van der Waals surface area contributed by atoms with Crippen molar-refractivity contribution in [3.8, 4) is 0 Å². The van der Waals surface area contributed by atoms with Crippen LogP contribution in [-0.2, 0) is 26.4 Å². The summed E-state index contributed by atoms with van der Waals surface area (Å²) in [7, 11) is 0. The minimum atomic E-state index is -0.598. The Balaban J connectivity index is 1.53. The van der Waals surface area contributed by atoms with Crippen molar-refractivity contribution in [1.82, 2.24) is 14.7 Å². The first-order valence-electron chi connectivity index (χ1n) is 13.7. The highest BCUT2D eigenvalue weighted by molar-refractivity contribution is 6.00. The van der Waals surface area contributed by atoms with E-state index in [1.54, 1.807) is 10.9 Å². The van der Waals surface area contributed by atoms with Gasteiger partial charge in [0.25, 0.3) is 0 Å². The molecule has 0 amide bonds. The summed E-state index contributed by atoms with van der Waals surface area (Å²) in [6.07, 6.45) is 3.99. The van der Waals surface area contributed by atoms with Gasteiger partial charge in [-0.15, -0.1) is 0 Å². The molecule has 3 aromatic carbocycles. The molecule has 0 N–H and O–H groups in total.